The summed E-state index contributed by atoms with van der Waals surface area (Å²) in [6.07, 6.45) is 1.13. The molecule has 108 valence electrons. The number of nitrogens with zero attached hydrogens (tertiary/aromatic N) is 1. The number of aromatic carboxylic acids is 1. The van der Waals surface area contributed by atoms with Crippen LogP contribution in [0.3, 0.4) is 0 Å². The number of amides is 1. The number of carbonyl (C=O) groups excluding carboxylic acids is 1. The molecular weight excluding hydrogens is 256 g/mol. The molecule has 1 atom stereocenters. The zero-order valence-electron chi connectivity index (χ0n) is 11.8. The van der Waals surface area contributed by atoms with Gasteiger partial charge >= 0.3 is 5.97 Å². The van der Waals surface area contributed by atoms with E-state index < -0.39 is 11.5 Å². The van der Waals surface area contributed by atoms with Crippen LogP contribution >= 0.6 is 0 Å². The maximum atomic E-state index is 12.4. The highest BCUT2D eigenvalue weighted by Gasteiger charge is 2.33. The topological polar surface area (TPSA) is 83.6 Å². The minimum absolute atomic E-state index is 0.0774. The zero-order valence-corrected chi connectivity index (χ0v) is 11.8. The molecule has 0 saturated carbocycles. The molecule has 0 spiro atoms. The molecule has 0 aromatic heterocycles. The first-order valence-electron chi connectivity index (χ1n) is 6.79. The summed E-state index contributed by atoms with van der Waals surface area (Å²) in [5, 5.41) is 9.18. The van der Waals surface area contributed by atoms with Crippen LogP contribution in [-0.2, 0) is 17.8 Å². The van der Waals surface area contributed by atoms with Gasteiger partial charge in [-0.15, -0.1) is 0 Å². The van der Waals surface area contributed by atoms with Gasteiger partial charge in [-0.05, 0) is 37.0 Å². The number of benzene rings is 1. The van der Waals surface area contributed by atoms with Crippen molar-refractivity contribution in [3.63, 3.8) is 0 Å². The van der Waals surface area contributed by atoms with Crippen LogP contribution in [0.15, 0.2) is 18.2 Å². The van der Waals surface area contributed by atoms with Crippen LogP contribution in [0.5, 0.6) is 0 Å². The third-order valence-corrected chi connectivity index (χ3v) is 4.01. The van der Waals surface area contributed by atoms with Gasteiger partial charge in [-0.1, -0.05) is 19.1 Å². The van der Waals surface area contributed by atoms with Crippen LogP contribution in [0, 0.1) is 0 Å². The molecule has 1 heterocycles. The van der Waals surface area contributed by atoms with Crippen molar-refractivity contribution < 1.29 is 14.7 Å². The van der Waals surface area contributed by atoms with Gasteiger partial charge in [0, 0.05) is 13.1 Å². The van der Waals surface area contributed by atoms with Crippen LogP contribution in [0.1, 0.15) is 41.8 Å². The average molecular weight is 276 g/mol. The Morgan fingerprint density at radius 1 is 1.45 bits per heavy atom. The lowest BCUT2D eigenvalue weighted by atomic mass is 9.92. The van der Waals surface area contributed by atoms with Crippen molar-refractivity contribution in [2.75, 3.05) is 6.54 Å². The van der Waals surface area contributed by atoms with E-state index in [1.165, 1.54) is 0 Å². The maximum absolute atomic E-state index is 12.4. The third-order valence-electron chi connectivity index (χ3n) is 4.01. The first-order chi connectivity index (χ1) is 9.36. The Morgan fingerprint density at radius 3 is 2.75 bits per heavy atom. The van der Waals surface area contributed by atoms with E-state index in [9.17, 15) is 14.7 Å². The molecule has 0 radical (unpaired) electrons. The summed E-state index contributed by atoms with van der Waals surface area (Å²) in [4.78, 5) is 25.3. The second-order valence-electron chi connectivity index (χ2n) is 5.50. The van der Waals surface area contributed by atoms with Crippen molar-refractivity contribution in [3.05, 3.63) is 34.9 Å². The van der Waals surface area contributed by atoms with Gasteiger partial charge in [0.1, 0.15) is 0 Å². The highest BCUT2D eigenvalue weighted by molar-refractivity contribution is 5.90. The van der Waals surface area contributed by atoms with E-state index in [0.29, 0.717) is 31.5 Å². The first kappa shape index (κ1) is 14.5. The molecule has 1 aromatic carbocycles. The van der Waals surface area contributed by atoms with Gasteiger partial charge in [-0.2, -0.15) is 0 Å². The first-order valence-corrected chi connectivity index (χ1v) is 6.79. The lowest BCUT2D eigenvalue weighted by Gasteiger charge is -2.35. The van der Waals surface area contributed by atoms with Gasteiger partial charge in [0.2, 0.25) is 5.91 Å². The van der Waals surface area contributed by atoms with Crippen LogP contribution in [0.2, 0.25) is 0 Å². The standard InChI is InChI=1S/C15H20N2O3/c1-3-15(2,16)14(20)17-8-7-11-10(9-17)5-4-6-12(11)13(18)19/h4-6H,3,7-9,16H2,1-2H3,(H,18,19). The van der Waals surface area contributed by atoms with Crippen LogP contribution < -0.4 is 5.73 Å². The molecule has 20 heavy (non-hydrogen) atoms. The Hall–Kier alpha value is -1.88. The van der Waals surface area contributed by atoms with Crippen LogP contribution in [0.4, 0.5) is 0 Å². The van der Waals surface area contributed by atoms with E-state index in [-0.39, 0.29) is 5.91 Å². The highest BCUT2D eigenvalue weighted by Crippen LogP contribution is 2.24. The number of carboxylic acids is 1. The molecular formula is C15H20N2O3. The number of hydrogen-bond donors (Lipinski definition) is 2. The molecule has 1 amide bonds. The summed E-state index contributed by atoms with van der Waals surface area (Å²) in [5.74, 6) is -0.995. The van der Waals surface area contributed by atoms with Crippen LogP contribution in [0.25, 0.3) is 0 Å². The van der Waals surface area contributed by atoms with Gasteiger partial charge in [-0.3, -0.25) is 4.79 Å². The molecule has 5 heteroatoms. The lowest BCUT2D eigenvalue weighted by Crippen LogP contribution is -2.53. The summed E-state index contributed by atoms with van der Waals surface area (Å²) in [6.45, 7) is 4.57. The molecule has 1 unspecified atom stereocenters. The summed E-state index contributed by atoms with van der Waals surface area (Å²) in [6, 6.07) is 5.20. The second kappa shape index (κ2) is 5.25. The normalized spacial score (nSPS) is 17.2. The largest absolute Gasteiger partial charge is 0.478 e. The van der Waals surface area contributed by atoms with Crippen molar-refractivity contribution in [1.82, 2.24) is 4.90 Å². The predicted molar refractivity (Wildman–Crippen MR) is 75.4 cm³/mol. The van der Waals surface area contributed by atoms with Gasteiger partial charge in [-0.25, -0.2) is 4.79 Å². The molecule has 0 aliphatic carbocycles. The van der Waals surface area contributed by atoms with E-state index >= 15 is 0 Å². The molecule has 1 aliphatic rings. The Kier molecular flexibility index (Phi) is 3.81. The molecule has 1 aliphatic heterocycles. The monoisotopic (exact) mass is 276 g/mol. The van der Waals surface area contributed by atoms with E-state index in [1.807, 2.05) is 13.0 Å². The van der Waals surface area contributed by atoms with E-state index in [2.05, 4.69) is 0 Å². The van der Waals surface area contributed by atoms with E-state index in [0.717, 1.165) is 11.1 Å². The minimum atomic E-state index is -0.918. The molecule has 2 rings (SSSR count). The zero-order chi connectivity index (χ0) is 14.9. The predicted octanol–water partition coefficient (Wildman–Crippen LogP) is 1.40. The Bertz CT molecular complexity index is 552. The average Bonchev–Trinajstić information content (AvgIpc) is 2.44. The van der Waals surface area contributed by atoms with Crippen molar-refractivity contribution in [2.45, 2.75) is 38.8 Å². The number of hydrogen-bond acceptors (Lipinski definition) is 3. The second-order valence-corrected chi connectivity index (χ2v) is 5.50. The van der Waals surface area contributed by atoms with Gasteiger partial charge in [0.15, 0.2) is 0 Å². The van der Waals surface area contributed by atoms with Crippen molar-refractivity contribution >= 4 is 11.9 Å². The third kappa shape index (κ3) is 2.54. The fourth-order valence-electron chi connectivity index (χ4n) is 2.50. The highest BCUT2D eigenvalue weighted by atomic mass is 16.4. The Balaban J connectivity index is 2.27. The number of fused-ring (bicyclic) bond motifs is 1. The van der Waals surface area contributed by atoms with Crippen molar-refractivity contribution in [1.29, 1.82) is 0 Å². The molecule has 5 nitrogen and oxygen atoms in total. The van der Waals surface area contributed by atoms with Gasteiger partial charge < -0.3 is 15.7 Å². The Labute approximate surface area is 118 Å². The summed E-state index contributed by atoms with van der Waals surface area (Å²) < 4.78 is 0. The number of carbonyl (C=O) groups is 2. The smallest absolute Gasteiger partial charge is 0.335 e. The van der Waals surface area contributed by atoms with Crippen LogP contribution in [-0.4, -0.2) is 34.0 Å². The van der Waals surface area contributed by atoms with Crippen molar-refractivity contribution in [3.8, 4) is 0 Å². The summed E-state index contributed by atoms with van der Waals surface area (Å²) >= 11 is 0. The molecule has 1 aromatic rings. The van der Waals surface area contributed by atoms with E-state index in [1.54, 1.807) is 24.0 Å². The number of carboxylic acid groups (broad SMARTS) is 1. The summed E-state index contributed by atoms with van der Waals surface area (Å²) in [5.41, 5.74) is 7.21. The Morgan fingerprint density at radius 2 is 2.15 bits per heavy atom. The fourth-order valence-corrected chi connectivity index (χ4v) is 2.50. The SMILES string of the molecule is CCC(C)(N)C(=O)N1CCc2c(cccc2C(=O)O)C1. The number of rotatable bonds is 3. The molecule has 0 saturated heterocycles. The van der Waals surface area contributed by atoms with Gasteiger partial charge in [0.05, 0.1) is 11.1 Å². The number of nitrogens with two attached hydrogens (primary N) is 1. The molecule has 3 N–H and O–H groups in total. The molecule has 0 bridgehead atoms. The fraction of sp³-hybridized carbons (Fsp3) is 0.467. The lowest BCUT2D eigenvalue weighted by molar-refractivity contribution is -0.137. The minimum Gasteiger partial charge on any atom is -0.478 e. The quantitative estimate of drug-likeness (QED) is 0.874. The maximum Gasteiger partial charge on any atom is 0.335 e. The van der Waals surface area contributed by atoms with Crippen molar-refractivity contribution in [2.24, 2.45) is 5.73 Å². The summed E-state index contributed by atoms with van der Waals surface area (Å²) in [7, 11) is 0. The van der Waals surface area contributed by atoms with Gasteiger partial charge in [0.25, 0.3) is 0 Å². The van der Waals surface area contributed by atoms with E-state index in [4.69, 9.17) is 5.73 Å². The molecule has 0 fully saturated rings.